The zero-order valence-corrected chi connectivity index (χ0v) is 18.7. The molecule has 0 spiro atoms. The molecule has 9 heteroatoms. The number of aromatic amines is 1. The van der Waals surface area contributed by atoms with E-state index in [-0.39, 0.29) is 23.3 Å². The van der Waals surface area contributed by atoms with Gasteiger partial charge in [-0.3, -0.25) is 14.3 Å². The topological polar surface area (TPSA) is 121 Å². The smallest absolute Gasteiger partial charge is 0.275 e. The Morgan fingerprint density at radius 3 is 2.68 bits per heavy atom. The van der Waals surface area contributed by atoms with Gasteiger partial charge in [0, 0.05) is 30.4 Å². The van der Waals surface area contributed by atoms with Crippen LogP contribution >= 0.6 is 0 Å². The predicted octanol–water partition coefficient (Wildman–Crippen LogP) is 3.17. The molecule has 5 aromatic rings. The van der Waals surface area contributed by atoms with Crippen LogP contribution in [0.3, 0.4) is 0 Å². The number of nitrogens with zero attached hydrogens (tertiary/aromatic N) is 5. The van der Waals surface area contributed by atoms with E-state index in [1.54, 1.807) is 10.9 Å². The fourth-order valence-corrected chi connectivity index (χ4v) is 4.00. The minimum absolute atomic E-state index is 0.0344. The Kier molecular flexibility index (Phi) is 5.18. The minimum atomic E-state index is -0.532. The number of carbonyl (C=O) groups is 1. The molecular weight excluding hydrogens is 430 g/mol. The van der Waals surface area contributed by atoms with Gasteiger partial charge in [-0.1, -0.05) is 36.4 Å². The highest BCUT2D eigenvalue weighted by Crippen LogP contribution is 2.23. The number of nitrogens with one attached hydrogen (secondary N) is 2. The summed E-state index contributed by atoms with van der Waals surface area (Å²) in [7, 11) is 0. The molecule has 2 N–H and O–H groups in total. The van der Waals surface area contributed by atoms with Crippen molar-refractivity contribution in [2.24, 2.45) is 0 Å². The molecule has 0 unspecified atom stereocenters. The van der Waals surface area contributed by atoms with Crippen molar-refractivity contribution in [2.75, 3.05) is 0 Å². The van der Waals surface area contributed by atoms with E-state index < -0.39 is 11.5 Å². The summed E-state index contributed by atoms with van der Waals surface area (Å²) in [6.45, 7) is 4.81. The molecule has 2 aromatic carbocycles. The van der Waals surface area contributed by atoms with Gasteiger partial charge in [-0.15, -0.1) is 0 Å². The average molecular weight is 451 g/mol. The van der Waals surface area contributed by atoms with Gasteiger partial charge < -0.3 is 10.3 Å². The Morgan fingerprint density at radius 1 is 1.15 bits per heavy atom. The first kappa shape index (κ1) is 21.2. The van der Waals surface area contributed by atoms with Gasteiger partial charge in [-0.2, -0.15) is 15.5 Å². The number of fused-ring (bicyclic) bond motifs is 2. The van der Waals surface area contributed by atoms with E-state index in [0.717, 1.165) is 34.1 Å². The van der Waals surface area contributed by atoms with Crippen LogP contribution in [0.5, 0.6) is 0 Å². The van der Waals surface area contributed by atoms with Gasteiger partial charge in [-0.25, -0.2) is 4.52 Å². The fraction of sp³-hybridized carbons (Fsp3) is 0.160. The summed E-state index contributed by atoms with van der Waals surface area (Å²) in [4.78, 5) is 28.6. The van der Waals surface area contributed by atoms with E-state index in [4.69, 9.17) is 0 Å². The van der Waals surface area contributed by atoms with Gasteiger partial charge in [0.15, 0.2) is 5.69 Å². The molecule has 5 rings (SSSR count). The van der Waals surface area contributed by atoms with Crippen molar-refractivity contribution in [3.63, 3.8) is 0 Å². The standard InChI is InChI=1S/C25H21N7O2/c1-3-31-13-19(15(2)29-31)12-27-24(33)22-20(11-26)23-25(34)28-21(14-32(23)30-22)18-9-8-16-6-4-5-7-17(16)10-18/h4-10,13-14H,3,12H2,1-2H3,(H,27,33)(H,28,34). The highest BCUT2D eigenvalue weighted by molar-refractivity contribution is 5.97. The molecule has 0 aliphatic carbocycles. The zero-order chi connectivity index (χ0) is 23.8. The molecule has 0 fully saturated rings. The molecule has 3 aromatic heterocycles. The lowest BCUT2D eigenvalue weighted by atomic mass is 10.1. The number of benzene rings is 2. The Bertz CT molecular complexity index is 1670. The lowest BCUT2D eigenvalue weighted by molar-refractivity contribution is 0.0945. The molecule has 0 aliphatic heterocycles. The molecule has 3 heterocycles. The highest BCUT2D eigenvalue weighted by atomic mass is 16.2. The van der Waals surface area contributed by atoms with E-state index in [1.807, 2.05) is 68.6 Å². The maximum Gasteiger partial charge on any atom is 0.275 e. The van der Waals surface area contributed by atoms with E-state index in [0.29, 0.717) is 5.69 Å². The largest absolute Gasteiger partial charge is 0.346 e. The molecular formula is C25H21N7O2. The van der Waals surface area contributed by atoms with Crippen LogP contribution in [-0.4, -0.2) is 30.3 Å². The second-order valence-corrected chi connectivity index (χ2v) is 7.97. The first-order valence-corrected chi connectivity index (χ1v) is 10.8. The molecule has 1 amide bonds. The highest BCUT2D eigenvalue weighted by Gasteiger charge is 2.22. The van der Waals surface area contributed by atoms with Crippen LogP contribution in [0.15, 0.2) is 59.7 Å². The maximum absolute atomic E-state index is 12.9. The van der Waals surface area contributed by atoms with Gasteiger partial charge in [0.1, 0.15) is 17.1 Å². The molecule has 0 bridgehead atoms. The lowest BCUT2D eigenvalue weighted by Crippen LogP contribution is -2.24. The molecule has 0 saturated carbocycles. The molecule has 34 heavy (non-hydrogen) atoms. The van der Waals surface area contributed by atoms with Crippen LogP contribution in [0.1, 0.15) is 34.2 Å². The number of aryl methyl sites for hydroxylation is 2. The summed E-state index contributed by atoms with van der Waals surface area (Å²) in [6.07, 6.45) is 3.49. The molecule has 0 saturated heterocycles. The van der Waals surface area contributed by atoms with Gasteiger partial charge in [-0.05, 0) is 30.7 Å². The number of rotatable bonds is 5. The van der Waals surface area contributed by atoms with Crippen molar-refractivity contribution < 1.29 is 4.79 Å². The second kappa shape index (κ2) is 8.33. The van der Waals surface area contributed by atoms with E-state index in [1.165, 1.54) is 4.52 Å². The van der Waals surface area contributed by atoms with Crippen LogP contribution in [0.25, 0.3) is 27.5 Å². The zero-order valence-electron chi connectivity index (χ0n) is 18.7. The van der Waals surface area contributed by atoms with Gasteiger partial charge in [0.2, 0.25) is 0 Å². The maximum atomic E-state index is 12.9. The monoisotopic (exact) mass is 451 g/mol. The van der Waals surface area contributed by atoms with Gasteiger partial charge in [0.05, 0.1) is 17.6 Å². The SMILES string of the molecule is CCn1cc(CNC(=O)c2nn3cc(-c4ccc5ccccc5c4)[nH]c(=O)c3c2C#N)c(C)n1. The molecule has 0 radical (unpaired) electrons. The van der Waals surface area contributed by atoms with Crippen molar-refractivity contribution in [2.45, 2.75) is 26.9 Å². The third-order valence-corrected chi connectivity index (χ3v) is 5.82. The number of hydrogen-bond donors (Lipinski definition) is 2. The molecule has 168 valence electrons. The van der Waals surface area contributed by atoms with Crippen LogP contribution in [0.4, 0.5) is 0 Å². The quantitative estimate of drug-likeness (QED) is 0.425. The fourth-order valence-electron chi connectivity index (χ4n) is 4.00. The van der Waals surface area contributed by atoms with E-state index in [2.05, 4.69) is 20.5 Å². The van der Waals surface area contributed by atoms with Crippen molar-refractivity contribution in [1.29, 1.82) is 5.26 Å². The number of amides is 1. The van der Waals surface area contributed by atoms with Gasteiger partial charge in [0.25, 0.3) is 11.5 Å². The summed E-state index contributed by atoms with van der Waals surface area (Å²) in [5.74, 6) is -0.532. The van der Waals surface area contributed by atoms with Crippen LogP contribution in [0.2, 0.25) is 0 Å². The third-order valence-electron chi connectivity index (χ3n) is 5.82. The van der Waals surface area contributed by atoms with Crippen LogP contribution in [-0.2, 0) is 13.1 Å². The number of nitriles is 1. The van der Waals surface area contributed by atoms with Crippen molar-refractivity contribution in [3.05, 3.63) is 87.7 Å². The number of carbonyl (C=O) groups excluding carboxylic acids is 1. The number of hydrogen-bond acceptors (Lipinski definition) is 5. The van der Waals surface area contributed by atoms with Crippen molar-refractivity contribution in [3.8, 4) is 17.3 Å². The summed E-state index contributed by atoms with van der Waals surface area (Å²) in [5.41, 5.74) is 2.39. The Balaban J connectivity index is 1.51. The van der Waals surface area contributed by atoms with Crippen LogP contribution in [0, 0.1) is 18.3 Å². The molecule has 0 atom stereocenters. The van der Waals surface area contributed by atoms with Gasteiger partial charge >= 0.3 is 0 Å². The first-order chi connectivity index (χ1) is 16.5. The first-order valence-electron chi connectivity index (χ1n) is 10.8. The second-order valence-electron chi connectivity index (χ2n) is 7.97. The Morgan fingerprint density at radius 2 is 1.94 bits per heavy atom. The third kappa shape index (κ3) is 3.61. The summed E-state index contributed by atoms with van der Waals surface area (Å²) in [5, 5.41) is 23.2. The normalized spacial score (nSPS) is 11.1. The Hall–Kier alpha value is -4.71. The minimum Gasteiger partial charge on any atom is -0.346 e. The van der Waals surface area contributed by atoms with Crippen molar-refractivity contribution >= 4 is 22.2 Å². The number of H-pyrrole nitrogens is 1. The molecule has 0 aliphatic rings. The lowest BCUT2D eigenvalue weighted by Gasteiger charge is -2.05. The number of aromatic nitrogens is 5. The van der Waals surface area contributed by atoms with Crippen molar-refractivity contribution in [1.82, 2.24) is 29.7 Å². The van der Waals surface area contributed by atoms with Crippen LogP contribution < -0.4 is 10.9 Å². The van der Waals surface area contributed by atoms with E-state index >= 15 is 0 Å². The molecule has 9 nitrogen and oxygen atoms in total. The summed E-state index contributed by atoms with van der Waals surface area (Å²) in [6, 6.07) is 15.7. The average Bonchev–Trinajstić information content (AvgIpc) is 3.42. The summed E-state index contributed by atoms with van der Waals surface area (Å²) >= 11 is 0. The predicted molar refractivity (Wildman–Crippen MR) is 127 cm³/mol. The van der Waals surface area contributed by atoms with E-state index in [9.17, 15) is 14.9 Å². The summed E-state index contributed by atoms with van der Waals surface area (Å²) < 4.78 is 3.09. The Labute approximate surface area is 194 Å².